The zero-order chi connectivity index (χ0) is 23.2. The molecule has 1 atom stereocenters. The average molecular weight is 453 g/mol. The predicted molar refractivity (Wildman–Crippen MR) is 129 cm³/mol. The van der Waals surface area contributed by atoms with E-state index in [4.69, 9.17) is 0 Å². The normalized spacial score (nSPS) is 12.6. The molecule has 0 aliphatic carbocycles. The summed E-state index contributed by atoms with van der Waals surface area (Å²) in [6, 6.07) is 22.0. The highest BCUT2D eigenvalue weighted by Gasteiger charge is 2.16. The number of aliphatic hydroxyl groups excluding tert-OH is 1. The molecule has 34 heavy (non-hydrogen) atoms. The molecule has 1 N–H and O–H groups in total. The monoisotopic (exact) mass is 453 g/mol. The maximum atomic E-state index is 13.3. The first kappa shape index (κ1) is 20.3. The number of hydrogen-bond acceptors (Lipinski definition) is 4. The number of fused-ring (bicyclic) bond motifs is 4. The summed E-state index contributed by atoms with van der Waals surface area (Å²) >= 11 is 0. The quantitative estimate of drug-likeness (QED) is 0.430. The minimum Gasteiger partial charge on any atom is -0.389 e. The maximum Gasteiger partial charge on any atom is 0.264 e. The Kier molecular flexibility index (Phi) is 4.74. The van der Waals surface area contributed by atoms with E-state index in [1.807, 2.05) is 36.4 Å². The van der Waals surface area contributed by atoms with Crippen molar-refractivity contribution in [3.05, 3.63) is 101 Å². The van der Waals surface area contributed by atoms with Gasteiger partial charge in [-0.2, -0.15) is 5.10 Å². The molecule has 6 aromatic rings. The molecule has 0 saturated carbocycles. The summed E-state index contributed by atoms with van der Waals surface area (Å²) in [7, 11) is 0. The molecule has 0 radical (unpaired) electrons. The number of benzene rings is 3. The molecule has 6 rings (SSSR count). The van der Waals surface area contributed by atoms with Gasteiger partial charge in [0.25, 0.3) is 5.56 Å². The maximum absolute atomic E-state index is 13.3. The summed E-state index contributed by atoms with van der Waals surface area (Å²) in [5.74, 6) is -0.354. The van der Waals surface area contributed by atoms with E-state index < -0.39 is 6.10 Å². The molecule has 8 heteroatoms. The molecule has 0 fully saturated rings. The fourth-order valence-corrected chi connectivity index (χ4v) is 4.55. The Labute approximate surface area is 192 Å². The van der Waals surface area contributed by atoms with Crippen LogP contribution < -0.4 is 5.56 Å². The van der Waals surface area contributed by atoms with Gasteiger partial charge in [-0.1, -0.05) is 36.4 Å². The van der Waals surface area contributed by atoms with E-state index in [1.54, 1.807) is 12.1 Å². The van der Waals surface area contributed by atoms with E-state index in [9.17, 15) is 14.3 Å². The number of rotatable bonds is 5. The lowest BCUT2D eigenvalue weighted by Crippen LogP contribution is -2.29. The number of nitrogens with zero attached hydrogens (tertiary/aromatic N) is 5. The van der Waals surface area contributed by atoms with Gasteiger partial charge in [-0.15, -0.1) is 0 Å². The lowest BCUT2D eigenvalue weighted by molar-refractivity contribution is 0.135. The van der Waals surface area contributed by atoms with Gasteiger partial charge in [-0.25, -0.2) is 14.1 Å². The molecule has 3 aromatic carbocycles. The van der Waals surface area contributed by atoms with Crippen LogP contribution in [0, 0.1) is 5.82 Å². The van der Waals surface area contributed by atoms with Crippen LogP contribution in [-0.2, 0) is 13.1 Å². The van der Waals surface area contributed by atoms with E-state index in [1.165, 1.54) is 33.9 Å². The smallest absolute Gasteiger partial charge is 0.264 e. The Bertz CT molecular complexity index is 1660. The molecule has 0 saturated heterocycles. The minimum atomic E-state index is -0.816. The number of aliphatic hydroxyl groups is 1. The van der Waals surface area contributed by atoms with Crippen molar-refractivity contribution >= 4 is 32.8 Å². The van der Waals surface area contributed by atoms with Gasteiger partial charge in [0.05, 0.1) is 31.1 Å². The molecule has 168 valence electrons. The van der Waals surface area contributed by atoms with Gasteiger partial charge in [0, 0.05) is 21.8 Å². The van der Waals surface area contributed by atoms with Crippen molar-refractivity contribution in [1.82, 2.24) is 23.9 Å². The van der Waals surface area contributed by atoms with Crippen LogP contribution in [0.25, 0.3) is 38.5 Å². The highest BCUT2D eigenvalue weighted by Crippen LogP contribution is 2.29. The number of halogens is 1. The van der Waals surface area contributed by atoms with Gasteiger partial charge in [-0.05, 0) is 36.4 Å². The van der Waals surface area contributed by atoms with Crippen molar-refractivity contribution in [3.63, 3.8) is 0 Å². The molecule has 3 heterocycles. The predicted octanol–water partition coefficient (Wildman–Crippen LogP) is 3.89. The summed E-state index contributed by atoms with van der Waals surface area (Å²) < 4.78 is 18.2. The molecule has 0 amide bonds. The van der Waals surface area contributed by atoms with Gasteiger partial charge in [0.2, 0.25) is 0 Å². The SMILES string of the molecule is O=c1c2cnn(-c3ccc(F)cc3)c2ncn1CC(O)Cn1c2ccccc2c2ccccc21. The Balaban J connectivity index is 1.32. The van der Waals surface area contributed by atoms with Crippen LogP contribution in [-0.4, -0.2) is 35.1 Å². The van der Waals surface area contributed by atoms with Crippen molar-refractivity contribution in [2.45, 2.75) is 19.2 Å². The first-order chi connectivity index (χ1) is 16.6. The summed E-state index contributed by atoms with van der Waals surface area (Å²) in [6.45, 7) is 0.414. The summed E-state index contributed by atoms with van der Waals surface area (Å²) in [6.07, 6.45) is 2.05. The van der Waals surface area contributed by atoms with Crippen molar-refractivity contribution < 1.29 is 9.50 Å². The third kappa shape index (κ3) is 3.27. The molecule has 0 bridgehead atoms. The number of aromatic nitrogens is 5. The van der Waals surface area contributed by atoms with Crippen LogP contribution in [0.1, 0.15) is 0 Å². The third-order valence-electron chi connectivity index (χ3n) is 6.11. The van der Waals surface area contributed by atoms with Crippen LogP contribution in [0.4, 0.5) is 4.39 Å². The van der Waals surface area contributed by atoms with Crippen molar-refractivity contribution in [1.29, 1.82) is 0 Å². The summed E-state index contributed by atoms with van der Waals surface area (Å²) in [5, 5.41) is 17.8. The lowest BCUT2D eigenvalue weighted by Gasteiger charge is -2.15. The van der Waals surface area contributed by atoms with Gasteiger partial charge >= 0.3 is 0 Å². The van der Waals surface area contributed by atoms with Crippen LogP contribution in [0.3, 0.4) is 0 Å². The number of para-hydroxylation sites is 2. The average Bonchev–Trinajstić information content (AvgIpc) is 3.42. The summed E-state index contributed by atoms with van der Waals surface area (Å²) in [5.41, 5.74) is 2.75. The summed E-state index contributed by atoms with van der Waals surface area (Å²) in [4.78, 5) is 17.5. The lowest BCUT2D eigenvalue weighted by atomic mass is 10.2. The fraction of sp³-hybridized carbons (Fsp3) is 0.115. The Hall–Kier alpha value is -4.30. The van der Waals surface area contributed by atoms with Crippen molar-refractivity contribution in [2.24, 2.45) is 0 Å². The van der Waals surface area contributed by atoms with E-state index >= 15 is 0 Å². The fourth-order valence-electron chi connectivity index (χ4n) is 4.55. The Morgan fingerprint density at radius 1 is 0.853 bits per heavy atom. The molecule has 0 aliphatic heterocycles. The first-order valence-electron chi connectivity index (χ1n) is 10.9. The van der Waals surface area contributed by atoms with Crippen molar-refractivity contribution in [3.8, 4) is 5.69 Å². The largest absolute Gasteiger partial charge is 0.389 e. The second-order valence-corrected chi connectivity index (χ2v) is 8.27. The topological polar surface area (TPSA) is 77.9 Å². The van der Waals surface area contributed by atoms with Crippen molar-refractivity contribution in [2.75, 3.05) is 0 Å². The molecule has 7 nitrogen and oxygen atoms in total. The molecule has 0 aliphatic rings. The standard InChI is InChI=1S/C26H20FN5O2/c27-17-9-11-18(12-10-17)32-25-22(13-29-32)26(34)30(16-28-25)14-19(33)15-31-23-7-3-1-5-20(23)21-6-2-4-8-24(21)31/h1-13,16,19,33H,14-15H2. The van der Waals surface area contributed by atoms with Crippen LogP contribution >= 0.6 is 0 Å². The van der Waals surface area contributed by atoms with E-state index in [0.29, 0.717) is 23.3 Å². The van der Waals surface area contributed by atoms with E-state index in [-0.39, 0.29) is 17.9 Å². The van der Waals surface area contributed by atoms with Gasteiger partial charge in [0.1, 0.15) is 17.5 Å². The zero-order valence-corrected chi connectivity index (χ0v) is 18.0. The van der Waals surface area contributed by atoms with Crippen LogP contribution in [0.2, 0.25) is 0 Å². The highest BCUT2D eigenvalue weighted by molar-refractivity contribution is 6.07. The van der Waals surface area contributed by atoms with Crippen LogP contribution in [0.5, 0.6) is 0 Å². The Morgan fingerprint density at radius 2 is 1.50 bits per heavy atom. The molecule has 0 spiro atoms. The zero-order valence-electron chi connectivity index (χ0n) is 18.0. The molecular weight excluding hydrogens is 433 g/mol. The highest BCUT2D eigenvalue weighted by atomic mass is 19.1. The second kappa shape index (κ2) is 7.93. The molecular formula is C26H20FN5O2. The first-order valence-corrected chi connectivity index (χ1v) is 10.9. The molecule has 1 unspecified atom stereocenters. The van der Waals surface area contributed by atoms with Crippen LogP contribution in [0.15, 0.2) is 90.1 Å². The van der Waals surface area contributed by atoms with E-state index in [2.05, 4.69) is 26.8 Å². The van der Waals surface area contributed by atoms with E-state index in [0.717, 1.165) is 21.8 Å². The van der Waals surface area contributed by atoms with Gasteiger partial charge in [0.15, 0.2) is 5.65 Å². The third-order valence-corrected chi connectivity index (χ3v) is 6.11. The Morgan fingerprint density at radius 3 is 2.18 bits per heavy atom. The van der Waals surface area contributed by atoms with Gasteiger partial charge in [-0.3, -0.25) is 9.36 Å². The second-order valence-electron chi connectivity index (χ2n) is 8.27. The molecule has 3 aromatic heterocycles. The minimum absolute atomic E-state index is 0.0876. The van der Waals surface area contributed by atoms with Gasteiger partial charge < -0.3 is 9.67 Å². The number of hydrogen-bond donors (Lipinski definition) is 1.